The highest BCUT2D eigenvalue weighted by Gasteiger charge is 2.17. The largest absolute Gasteiger partial charge is 0.309 e. The fourth-order valence-corrected chi connectivity index (χ4v) is 2.42. The molecule has 9 nitrogen and oxygen atoms in total. The molecule has 1 amide bonds. The van der Waals surface area contributed by atoms with Gasteiger partial charge in [-0.25, -0.2) is 19.2 Å². The number of carbonyl (C=O) groups is 1. The van der Waals surface area contributed by atoms with E-state index in [1.807, 2.05) is 20.8 Å². The maximum absolute atomic E-state index is 12.7. The molecule has 0 aliphatic heterocycles. The van der Waals surface area contributed by atoms with Crippen LogP contribution in [-0.4, -0.2) is 35.3 Å². The average Bonchev–Trinajstić information content (AvgIpc) is 3.02. The lowest BCUT2D eigenvalue weighted by Gasteiger charge is -2.11. The molecule has 130 valence electrons. The number of hydrogen-bond acceptors (Lipinski definition) is 6. The van der Waals surface area contributed by atoms with E-state index >= 15 is 0 Å². The normalized spacial score (nSPS) is 11.2. The molecule has 0 bridgehead atoms. The van der Waals surface area contributed by atoms with E-state index in [0.29, 0.717) is 23.6 Å². The Hall–Kier alpha value is -3.10. The Morgan fingerprint density at radius 2 is 2.12 bits per heavy atom. The third-order valence-electron chi connectivity index (χ3n) is 3.68. The number of rotatable bonds is 5. The number of nitrogens with zero attached hydrogens (tertiary/aromatic N) is 6. The number of fused-ring (bicyclic) bond motifs is 1. The van der Waals surface area contributed by atoms with Gasteiger partial charge in [0.1, 0.15) is 24.2 Å². The molecule has 0 atom stereocenters. The summed E-state index contributed by atoms with van der Waals surface area (Å²) in [6.45, 7) is 5.69. The zero-order chi connectivity index (χ0) is 18.0. The third-order valence-corrected chi connectivity index (χ3v) is 3.68. The summed E-state index contributed by atoms with van der Waals surface area (Å²) < 4.78 is 2.74. The average molecular weight is 341 g/mol. The van der Waals surface area contributed by atoms with E-state index in [2.05, 4.69) is 25.5 Å². The van der Waals surface area contributed by atoms with Gasteiger partial charge in [-0.2, -0.15) is 10.2 Å². The molecule has 0 aromatic carbocycles. The van der Waals surface area contributed by atoms with Gasteiger partial charge in [-0.05, 0) is 18.6 Å². The van der Waals surface area contributed by atoms with Gasteiger partial charge in [0.15, 0.2) is 5.82 Å². The Kier molecular flexibility index (Phi) is 4.55. The van der Waals surface area contributed by atoms with Crippen molar-refractivity contribution in [3.63, 3.8) is 0 Å². The van der Waals surface area contributed by atoms with Crippen molar-refractivity contribution in [1.82, 2.24) is 29.4 Å². The van der Waals surface area contributed by atoms with Gasteiger partial charge in [0, 0.05) is 12.1 Å². The standard InChI is InChI=1S/C16H19N7O2/c1-4-11-7-12-16(25)22(21-15(10(2)3)23(12)20-11)8-14(24)19-13-5-6-17-9-18-13/h5-7,9-10H,4,8H2,1-3H3,(H,17,18,19,24). The van der Waals surface area contributed by atoms with Crippen molar-refractivity contribution in [2.24, 2.45) is 0 Å². The SMILES string of the molecule is CCc1cc2c(=O)n(CC(=O)Nc3ccncn3)nc(C(C)C)n2n1. The topological polar surface area (TPSA) is 107 Å². The van der Waals surface area contributed by atoms with Crippen molar-refractivity contribution in [1.29, 1.82) is 0 Å². The molecule has 0 saturated carbocycles. The molecule has 9 heteroatoms. The molecule has 0 aliphatic carbocycles. The van der Waals surface area contributed by atoms with E-state index in [9.17, 15) is 9.59 Å². The van der Waals surface area contributed by atoms with Crippen molar-refractivity contribution in [2.45, 2.75) is 39.7 Å². The number of carbonyl (C=O) groups excluding carboxylic acids is 1. The van der Waals surface area contributed by atoms with Gasteiger partial charge in [-0.3, -0.25) is 9.59 Å². The Morgan fingerprint density at radius 1 is 1.32 bits per heavy atom. The lowest BCUT2D eigenvalue weighted by Crippen LogP contribution is -2.32. The first-order chi connectivity index (χ1) is 12.0. The molecular weight excluding hydrogens is 322 g/mol. The fraction of sp³-hybridized carbons (Fsp3) is 0.375. The second kappa shape index (κ2) is 6.80. The first-order valence-corrected chi connectivity index (χ1v) is 8.05. The maximum Gasteiger partial charge on any atom is 0.293 e. The summed E-state index contributed by atoms with van der Waals surface area (Å²) in [7, 11) is 0. The monoisotopic (exact) mass is 341 g/mol. The van der Waals surface area contributed by atoms with E-state index in [1.54, 1.807) is 16.6 Å². The fourth-order valence-electron chi connectivity index (χ4n) is 2.42. The molecule has 0 spiro atoms. The minimum Gasteiger partial charge on any atom is -0.309 e. The van der Waals surface area contributed by atoms with Crippen LogP contribution in [0.3, 0.4) is 0 Å². The predicted molar refractivity (Wildman–Crippen MR) is 91.4 cm³/mol. The summed E-state index contributed by atoms with van der Waals surface area (Å²) in [5, 5.41) is 11.4. The van der Waals surface area contributed by atoms with Crippen LogP contribution in [0.5, 0.6) is 0 Å². The predicted octanol–water partition coefficient (Wildman–Crippen LogP) is 1.01. The molecule has 0 radical (unpaired) electrons. The van der Waals surface area contributed by atoms with E-state index in [-0.39, 0.29) is 23.9 Å². The minimum absolute atomic E-state index is 0.0453. The number of aromatic nitrogens is 6. The number of nitrogens with one attached hydrogen (secondary N) is 1. The van der Waals surface area contributed by atoms with Crippen LogP contribution in [0.15, 0.2) is 29.5 Å². The highest BCUT2D eigenvalue weighted by Crippen LogP contribution is 2.13. The summed E-state index contributed by atoms with van der Waals surface area (Å²) in [6, 6.07) is 3.32. The Bertz CT molecular complexity index is 960. The lowest BCUT2D eigenvalue weighted by atomic mass is 10.2. The van der Waals surface area contributed by atoms with Crippen LogP contribution in [0.1, 0.15) is 38.2 Å². The van der Waals surface area contributed by atoms with Gasteiger partial charge in [-0.1, -0.05) is 20.8 Å². The first kappa shape index (κ1) is 16.7. The van der Waals surface area contributed by atoms with E-state index < -0.39 is 0 Å². The summed E-state index contributed by atoms with van der Waals surface area (Å²) >= 11 is 0. The zero-order valence-corrected chi connectivity index (χ0v) is 14.3. The van der Waals surface area contributed by atoms with Crippen molar-refractivity contribution >= 4 is 17.2 Å². The van der Waals surface area contributed by atoms with Crippen molar-refractivity contribution in [3.8, 4) is 0 Å². The molecular formula is C16H19N7O2. The van der Waals surface area contributed by atoms with Gasteiger partial charge < -0.3 is 5.32 Å². The van der Waals surface area contributed by atoms with Gasteiger partial charge in [-0.15, -0.1) is 0 Å². The van der Waals surface area contributed by atoms with E-state index in [4.69, 9.17) is 0 Å². The molecule has 1 N–H and O–H groups in total. The van der Waals surface area contributed by atoms with Gasteiger partial charge in [0.05, 0.1) is 5.69 Å². The zero-order valence-electron chi connectivity index (χ0n) is 14.3. The second-order valence-electron chi connectivity index (χ2n) is 5.90. The van der Waals surface area contributed by atoms with Crippen LogP contribution in [0.25, 0.3) is 5.52 Å². The smallest absolute Gasteiger partial charge is 0.293 e. The number of aryl methyl sites for hydroxylation is 1. The summed E-state index contributed by atoms with van der Waals surface area (Å²) in [5.41, 5.74) is 0.879. The number of amides is 1. The molecule has 0 aliphatic rings. The van der Waals surface area contributed by atoms with Gasteiger partial charge >= 0.3 is 0 Å². The van der Waals surface area contributed by atoms with Crippen LogP contribution >= 0.6 is 0 Å². The van der Waals surface area contributed by atoms with Gasteiger partial charge in [0.2, 0.25) is 5.91 Å². The molecule has 3 aromatic rings. The van der Waals surface area contributed by atoms with Crippen molar-refractivity contribution < 1.29 is 4.79 Å². The third kappa shape index (κ3) is 3.39. The number of anilines is 1. The highest BCUT2D eigenvalue weighted by molar-refractivity contribution is 5.89. The first-order valence-electron chi connectivity index (χ1n) is 8.05. The van der Waals surface area contributed by atoms with Crippen LogP contribution in [0, 0.1) is 0 Å². The summed E-state index contributed by atoms with van der Waals surface area (Å²) in [6.07, 6.45) is 3.57. The maximum atomic E-state index is 12.7. The van der Waals surface area contributed by atoms with Crippen molar-refractivity contribution in [3.05, 3.63) is 46.5 Å². The Labute approximate surface area is 143 Å². The minimum atomic E-state index is -0.386. The quantitative estimate of drug-likeness (QED) is 0.742. The van der Waals surface area contributed by atoms with Gasteiger partial charge in [0.25, 0.3) is 5.56 Å². The molecule has 3 rings (SSSR count). The molecule has 0 unspecified atom stereocenters. The molecule has 0 fully saturated rings. The van der Waals surface area contributed by atoms with Crippen LogP contribution in [0.2, 0.25) is 0 Å². The lowest BCUT2D eigenvalue weighted by molar-refractivity contribution is -0.117. The summed E-state index contributed by atoms with van der Waals surface area (Å²) in [4.78, 5) is 32.6. The van der Waals surface area contributed by atoms with Crippen LogP contribution < -0.4 is 10.9 Å². The second-order valence-corrected chi connectivity index (χ2v) is 5.90. The van der Waals surface area contributed by atoms with Crippen molar-refractivity contribution in [2.75, 3.05) is 5.32 Å². The summed E-state index contributed by atoms with van der Waals surface area (Å²) in [5.74, 6) is 0.659. The molecule has 3 aromatic heterocycles. The van der Waals surface area contributed by atoms with E-state index in [1.165, 1.54) is 17.2 Å². The molecule has 3 heterocycles. The Morgan fingerprint density at radius 3 is 2.76 bits per heavy atom. The highest BCUT2D eigenvalue weighted by atomic mass is 16.2. The molecule has 25 heavy (non-hydrogen) atoms. The van der Waals surface area contributed by atoms with E-state index in [0.717, 1.165) is 5.69 Å². The molecule has 0 saturated heterocycles. The Balaban J connectivity index is 1.97. The van der Waals surface area contributed by atoms with Crippen LogP contribution in [-0.2, 0) is 17.8 Å². The number of hydrogen-bond donors (Lipinski definition) is 1. The van der Waals surface area contributed by atoms with Crippen LogP contribution in [0.4, 0.5) is 5.82 Å².